The van der Waals surface area contributed by atoms with Crippen molar-refractivity contribution in [1.29, 1.82) is 0 Å². The Morgan fingerprint density at radius 2 is 1.71 bits per heavy atom. The van der Waals surface area contributed by atoms with Gasteiger partial charge in [-0.25, -0.2) is 0 Å². The number of hydrogen-bond acceptors (Lipinski definition) is 6. The number of ether oxygens (including phenoxy) is 2. The molecule has 0 aliphatic heterocycles. The summed E-state index contributed by atoms with van der Waals surface area (Å²) >= 11 is 6.89. The highest BCUT2D eigenvalue weighted by molar-refractivity contribution is 6.70. The van der Waals surface area contributed by atoms with Crippen molar-refractivity contribution in [3.63, 3.8) is 0 Å². The van der Waals surface area contributed by atoms with Crippen LogP contribution in [0.5, 0.6) is 0 Å². The Bertz CT molecular complexity index is 889. The molecule has 0 heterocycles. The number of carbonyl (C=O) groups is 3. The number of methoxy groups -OCH3 is 1. The van der Waals surface area contributed by atoms with Crippen LogP contribution in [0.15, 0.2) is 36.1 Å². The third kappa shape index (κ3) is 3.02. The van der Waals surface area contributed by atoms with Crippen molar-refractivity contribution in [3.05, 3.63) is 47.2 Å². The summed E-state index contributed by atoms with van der Waals surface area (Å²) in [6.07, 6.45) is 0.476. The summed E-state index contributed by atoms with van der Waals surface area (Å²) in [5.74, 6) is -1.32. The Hall–Kier alpha value is -1.96. The van der Waals surface area contributed by atoms with E-state index in [1.165, 1.54) is 20.1 Å². The zero-order valence-corrected chi connectivity index (χ0v) is 18.3. The molecule has 3 atom stereocenters. The Morgan fingerprint density at radius 3 is 2.21 bits per heavy atom. The first kappa shape index (κ1) is 20.8. The number of esters is 1. The molecule has 3 rings (SSSR count). The molecule has 2 aliphatic rings. The topological polar surface area (TPSA) is 78.9 Å². The summed E-state index contributed by atoms with van der Waals surface area (Å²) in [5.41, 5.74) is -1.58. The van der Waals surface area contributed by atoms with Gasteiger partial charge in [-0.15, -0.1) is 11.6 Å². The molecule has 28 heavy (non-hydrogen) atoms. The van der Waals surface area contributed by atoms with Gasteiger partial charge in [0.05, 0.1) is 12.2 Å². The van der Waals surface area contributed by atoms with Gasteiger partial charge in [0.2, 0.25) is 19.7 Å². The van der Waals surface area contributed by atoms with Crippen LogP contribution in [0, 0.1) is 0 Å². The number of Topliss-reactive ketones (excluding diaryl/α,β-unsaturated/α-hetero) is 2. The number of carbonyl (C=O) groups excluding carboxylic acids is 3. The molecule has 150 valence electrons. The first-order valence-corrected chi connectivity index (χ1v) is 12.7. The van der Waals surface area contributed by atoms with Crippen LogP contribution in [0.2, 0.25) is 19.6 Å². The van der Waals surface area contributed by atoms with Gasteiger partial charge in [0.25, 0.3) is 0 Å². The van der Waals surface area contributed by atoms with Crippen molar-refractivity contribution in [1.82, 2.24) is 0 Å². The third-order valence-electron chi connectivity index (χ3n) is 4.86. The van der Waals surface area contributed by atoms with Crippen LogP contribution < -0.4 is 0 Å². The average molecular weight is 423 g/mol. The van der Waals surface area contributed by atoms with Gasteiger partial charge in [0.15, 0.2) is 10.7 Å². The zero-order chi connectivity index (χ0) is 20.9. The quantitative estimate of drug-likeness (QED) is 0.419. The number of fused-ring (bicyclic) bond motifs is 2. The minimum Gasteiger partial charge on any atom is -0.547 e. The van der Waals surface area contributed by atoms with Gasteiger partial charge in [0.1, 0.15) is 6.10 Å². The fourth-order valence-electron chi connectivity index (χ4n) is 3.89. The zero-order valence-electron chi connectivity index (χ0n) is 16.5. The lowest BCUT2D eigenvalue weighted by atomic mass is 9.63. The molecule has 0 saturated carbocycles. The second-order valence-corrected chi connectivity index (χ2v) is 13.0. The lowest BCUT2D eigenvalue weighted by Crippen LogP contribution is -2.71. The standard InChI is InChI=1S/C20H23ClO6Si/c1-12(22)26-19-11-13(27-28(3,4)5)10-16(25-2)20(19,21)18(24)15-9-7-6-8-14(15)17(19)23/h6-10,16H,11H2,1-5H3/t16-,19+,20-/m0/s1. The van der Waals surface area contributed by atoms with Gasteiger partial charge in [-0.2, -0.15) is 0 Å². The molecule has 0 unspecified atom stereocenters. The van der Waals surface area contributed by atoms with Gasteiger partial charge in [-0.3, -0.25) is 14.4 Å². The monoisotopic (exact) mass is 422 g/mol. The van der Waals surface area contributed by atoms with Gasteiger partial charge in [0, 0.05) is 25.2 Å². The molecule has 0 spiro atoms. The fourth-order valence-corrected chi connectivity index (χ4v) is 5.26. The molecule has 6 nitrogen and oxygen atoms in total. The van der Waals surface area contributed by atoms with Gasteiger partial charge in [-0.05, 0) is 25.7 Å². The SMILES string of the molecule is CO[C@H]1C=C(O[Si](C)(C)C)C[C@@]2(OC(C)=O)C(=O)c3ccccc3C(=O)[C@@]12Cl. The molecule has 0 amide bonds. The first-order chi connectivity index (χ1) is 13.0. The third-order valence-corrected chi connectivity index (χ3v) is 6.43. The molecule has 2 aliphatic carbocycles. The van der Waals surface area contributed by atoms with Crippen molar-refractivity contribution in [2.24, 2.45) is 0 Å². The van der Waals surface area contributed by atoms with Crippen molar-refractivity contribution in [2.45, 2.75) is 49.6 Å². The summed E-state index contributed by atoms with van der Waals surface area (Å²) in [6, 6.07) is 6.39. The van der Waals surface area contributed by atoms with Crippen LogP contribution in [0.1, 0.15) is 34.1 Å². The Morgan fingerprint density at radius 1 is 1.14 bits per heavy atom. The van der Waals surface area contributed by atoms with Crippen molar-refractivity contribution in [2.75, 3.05) is 7.11 Å². The normalized spacial score (nSPS) is 29.5. The lowest BCUT2D eigenvalue weighted by Gasteiger charge is -2.51. The van der Waals surface area contributed by atoms with E-state index < -0.39 is 42.4 Å². The average Bonchev–Trinajstić information content (AvgIpc) is 2.60. The Labute approximate surface area is 169 Å². The summed E-state index contributed by atoms with van der Waals surface area (Å²) < 4.78 is 17.2. The Balaban J connectivity index is 2.28. The van der Waals surface area contributed by atoms with Crippen molar-refractivity contribution in [3.8, 4) is 0 Å². The molecule has 0 bridgehead atoms. The van der Waals surface area contributed by atoms with Gasteiger partial charge < -0.3 is 13.9 Å². The second kappa shape index (κ2) is 6.83. The molecule has 0 fully saturated rings. The summed E-state index contributed by atoms with van der Waals surface area (Å²) in [4.78, 5) is 37.1. The van der Waals surface area contributed by atoms with Gasteiger partial charge >= 0.3 is 5.97 Å². The maximum atomic E-state index is 13.6. The van der Waals surface area contributed by atoms with Gasteiger partial charge in [-0.1, -0.05) is 24.3 Å². The van der Waals surface area contributed by atoms with Crippen LogP contribution in [0.3, 0.4) is 0 Å². The van der Waals surface area contributed by atoms with Crippen LogP contribution in [0.4, 0.5) is 0 Å². The number of benzene rings is 1. The van der Waals surface area contributed by atoms with E-state index in [9.17, 15) is 14.4 Å². The van der Waals surface area contributed by atoms with E-state index in [0.717, 1.165) is 0 Å². The van der Waals surface area contributed by atoms with E-state index >= 15 is 0 Å². The minimum absolute atomic E-state index is 0.126. The molecule has 0 radical (unpaired) electrons. The van der Waals surface area contributed by atoms with E-state index in [0.29, 0.717) is 5.76 Å². The summed E-state index contributed by atoms with van der Waals surface area (Å²) in [7, 11) is -0.667. The molecule has 1 aromatic carbocycles. The van der Waals surface area contributed by atoms with E-state index in [-0.39, 0.29) is 17.5 Å². The number of alkyl halides is 1. The highest BCUT2D eigenvalue weighted by Crippen LogP contribution is 2.52. The number of halogens is 1. The van der Waals surface area contributed by atoms with Crippen molar-refractivity contribution < 1.29 is 28.3 Å². The van der Waals surface area contributed by atoms with E-state index in [4.69, 9.17) is 25.5 Å². The van der Waals surface area contributed by atoms with Crippen LogP contribution in [0.25, 0.3) is 0 Å². The summed E-state index contributed by atoms with van der Waals surface area (Å²) in [6.45, 7) is 7.14. The predicted octanol–water partition coefficient (Wildman–Crippen LogP) is 3.50. The smallest absolute Gasteiger partial charge is 0.303 e. The second-order valence-electron chi connectivity index (χ2n) is 8.02. The fraction of sp³-hybridized carbons (Fsp3) is 0.450. The van der Waals surface area contributed by atoms with E-state index in [1.54, 1.807) is 24.3 Å². The highest BCUT2D eigenvalue weighted by Gasteiger charge is 2.71. The van der Waals surface area contributed by atoms with Crippen LogP contribution in [-0.4, -0.2) is 49.5 Å². The molecular formula is C20H23ClO6Si. The number of hydrogen-bond donors (Lipinski definition) is 0. The molecule has 0 N–H and O–H groups in total. The highest BCUT2D eigenvalue weighted by atomic mass is 35.5. The van der Waals surface area contributed by atoms with Crippen molar-refractivity contribution >= 4 is 37.5 Å². The number of ketones is 2. The van der Waals surface area contributed by atoms with E-state index in [1.807, 2.05) is 19.6 Å². The maximum absolute atomic E-state index is 13.6. The Kier molecular flexibility index (Phi) is 5.06. The largest absolute Gasteiger partial charge is 0.547 e. The van der Waals surface area contributed by atoms with Crippen LogP contribution >= 0.6 is 11.6 Å². The maximum Gasteiger partial charge on any atom is 0.303 e. The van der Waals surface area contributed by atoms with Crippen LogP contribution in [-0.2, 0) is 18.7 Å². The summed E-state index contributed by atoms with van der Waals surface area (Å²) in [5, 5.41) is 0. The minimum atomic E-state index is -2.06. The first-order valence-electron chi connectivity index (χ1n) is 8.96. The molecule has 1 aromatic rings. The van der Waals surface area contributed by atoms with E-state index in [2.05, 4.69) is 0 Å². The number of rotatable bonds is 4. The molecule has 8 heteroatoms. The lowest BCUT2D eigenvalue weighted by molar-refractivity contribution is -0.158. The molecular weight excluding hydrogens is 400 g/mol. The molecule has 0 saturated heterocycles. The molecule has 0 aromatic heterocycles. The predicted molar refractivity (Wildman–Crippen MR) is 106 cm³/mol.